The van der Waals surface area contributed by atoms with Gasteiger partial charge in [-0.05, 0) is 58.2 Å². The SMILES string of the molecule is CC(C)=CCCC(C)=CCc1c(O)c(O)cc(-c2coc3cc(O)ccc3c2=O)c1O. The third kappa shape index (κ3) is 4.74. The van der Waals surface area contributed by atoms with Crippen molar-refractivity contribution in [2.24, 2.45) is 0 Å². The van der Waals surface area contributed by atoms with Crippen molar-refractivity contribution in [1.29, 1.82) is 0 Å². The summed E-state index contributed by atoms with van der Waals surface area (Å²) in [6.45, 7) is 6.04. The number of fused-ring (bicyclic) bond motifs is 1. The van der Waals surface area contributed by atoms with Crippen LogP contribution in [0.1, 0.15) is 39.2 Å². The third-order valence-electron chi connectivity index (χ3n) is 5.14. The van der Waals surface area contributed by atoms with E-state index in [0.29, 0.717) is 0 Å². The van der Waals surface area contributed by atoms with Gasteiger partial charge in [0.15, 0.2) is 11.5 Å². The van der Waals surface area contributed by atoms with Gasteiger partial charge in [-0.2, -0.15) is 0 Å². The smallest absolute Gasteiger partial charge is 0.200 e. The molecule has 1 aromatic heterocycles. The molecule has 0 amide bonds. The van der Waals surface area contributed by atoms with E-state index in [-0.39, 0.29) is 45.6 Å². The lowest BCUT2D eigenvalue weighted by Crippen LogP contribution is -2.05. The van der Waals surface area contributed by atoms with E-state index < -0.39 is 16.9 Å². The zero-order valence-electron chi connectivity index (χ0n) is 17.8. The van der Waals surface area contributed by atoms with Crippen LogP contribution in [0.25, 0.3) is 22.1 Å². The van der Waals surface area contributed by atoms with Crippen molar-refractivity contribution in [3.8, 4) is 34.1 Å². The van der Waals surface area contributed by atoms with E-state index in [0.717, 1.165) is 24.5 Å². The van der Waals surface area contributed by atoms with Gasteiger partial charge in [0.25, 0.3) is 0 Å². The van der Waals surface area contributed by atoms with E-state index in [2.05, 4.69) is 6.08 Å². The molecule has 0 atom stereocenters. The topological polar surface area (TPSA) is 111 Å². The highest BCUT2D eigenvalue weighted by Crippen LogP contribution is 2.43. The molecule has 31 heavy (non-hydrogen) atoms. The molecule has 6 nitrogen and oxygen atoms in total. The van der Waals surface area contributed by atoms with Gasteiger partial charge in [0, 0.05) is 17.2 Å². The fourth-order valence-corrected chi connectivity index (χ4v) is 3.37. The first-order chi connectivity index (χ1) is 14.7. The van der Waals surface area contributed by atoms with Crippen LogP contribution in [-0.2, 0) is 6.42 Å². The van der Waals surface area contributed by atoms with E-state index in [1.807, 2.05) is 26.8 Å². The van der Waals surface area contributed by atoms with Crippen LogP contribution in [0.3, 0.4) is 0 Å². The first kappa shape index (κ1) is 22.0. The van der Waals surface area contributed by atoms with Gasteiger partial charge in [0.05, 0.1) is 10.9 Å². The van der Waals surface area contributed by atoms with Crippen molar-refractivity contribution in [1.82, 2.24) is 0 Å². The quantitative estimate of drug-likeness (QED) is 0.237. The van der Waals surface area contributed by atoms with Crippen molar-refractivity contribution in [3.63, 3.8) is 0 Å². The maximum absolute atomic E-state index is 12.9. The molecule has 0 aliphatic rings. The molecule has 0 saturated heterocycles. The molecule has 4 N–H and O–H groups in total. The molecule has 1 heterocycles. The normalized spacial score (nSPS) is 11.6. The summed E-state index contributed by atoms with van der Waals surface area (Å²) in [6, 6.07) is 5.25. The van der Waals surface area contributed by atoms with Crippen molar-refractivity contribution in [3.05, 3.63) is 69.6 Å². The summed E-state index contributed by atoms with van der Waals surface area (Å²) < 4.78 is 5.45. The Hall–Kier alpha value is -3.67. The molecular formula is C25H26O6. The first-order valence-corrected chi connectivity index (χ1v) is 9.99. The van der Waals surface area contributed by atoms with Gasteiger partial charge in [-0.15, -0.1) is 0 Å². The number of phenols is 4. The standard InChI is InChI=1S/C25H26O6/c1-14(2)5-4-6-15(3)7-9-18-24(29)19(12-21(27)25(18)30)20-13-31-22-11-16(26)8-10-17(22)23(20)28/h5,7-8,10-13,26-27,29-30H,4,6,9H2,1-3H3. The zero-order valence-corrected chi connectivity index (χ0v) is 17.8. The predicted molar refractivity (Wildman–Crippen MR) is 121 cm³/mol. The van der Waals surface area contributed by atoms with Crippen LogP contribution < -0.4 is 5.43 Å². The van der Waals surface area contributed by atoms with Crippen LogP contribution in [0.5, 0.6) is 23.0 Å². The Morgan fingerprint density at radius 3 is 2.42 bits per heavy atom. The number of hydrogen-bond acceptors (Lipinski definition) is 6. The van der Waals surface area contributed by atoms with Crippen molar-refractivity contribution >= 4 is 11.0 Å². The molecule has 0 fully saturated rings. The average Bonchev–Trinajstić information content (AvgIpc) is 2.71. The van der Waals surface area contributed by atoms with Crippen LogP contribution in [0.4, 0.5) is 0 Å². The third-order valence-corrected chi connectivity index (χ3v) is 5.14. The molecule has 0 bridgehead atoms. The van der Waals surface area contributed by atoms with Crippen molar-refractivity contribution in [2.45, 2.75) is 40.0 Å². The highest BCUT2D eigenvalue weighted by atomic mass is 16.3. The monoisotopic (exact) mass is 422 g/mol. The maximum Gasteiger partial charge on any atom is 0.200 e. The van der Waals surface area contributed by atoms with E-state index in [4.69, 9.17) is 4.42 Å². The molecule has 6 heteroatoms. The second kappa shape index (κ2) is 9.00. The van der Waals surface area contributed by atoms with Crippen molar-refractivity contribution < 1.29 is 24.8 Å². The Labute approximate surface area is 180 Å². The highest BCUT2D eigenvalue weighted by molar-refractivity contribution is 5.85. The molecule has 0 aliphatic heterocycles. The Balaban J connectivity index is 2.02. The van der Waals surface area contributed by atoms with Gasteiger partial charge in [-0.25, -0.2) is 0 Å². The minimum Gasteiger partial charge on any atom is -0.508 e. The van der Waals surface area contributed by atoms with E-state index >= 15 is 0 Å². The lowest BCUT2D eigenvalue weighted by atomic mass is 9.97. The van der Waals surface area contributed by atoms with Crippen LogP contribution in [0.2, 0.25) is 0 Å². The molecule has 0 aliphatic carbocycles. The second-order valence-corrected chi connectivity index (χ2v) is 7.85. The summed E-state index contributed by atoms with van der Waals surface area (Å²) in [6.07, 6.45) is 7.09. The largest absolute Gasteiger partial charge is 0.508 e. The molecule has 0 unspecified atom stereocenters. The average molecular weight is 422 g/mol. The molecule has 162 valence electrons. The minimum absolute atomic E-state index is 0.0384. The predicted octanol–water partition coefficient (Wildman–Crippen LogP) is 5.52. The Morgan fingerprint density at radius 1 is 0.968 bits per heavy atom. The first-order valence-electron chi connectivity index (χ1n) is 9.99. The second-order valence-electron chi connectivity index (χ2n) is 7.85. The summed E-state index contributed by atoms with van der Waals surface area (Å²) in [5.41, 5.74) is 2.31. The van der Waals surface area contributed by atoms with Crippen LogP contribution in [0.15, 0.2) is 63.0 Å². The van der Waals surface area contributed by atoms with Gasteiger partial charge >= 0.3 is 0 Å². The summed E-state index contributed by atoms with van der Waals surface area (Å²) in [7, 11) is 0. The fraction of sp³-hybridized carbons (Fsp3) is 0.240. The Morgan fingerprint density at radius 2 is 1.71 bits per heavy atom. The molecule has 0 radical (unpaired) electrons. The molecule has 2 aromatic carbocycles. The molecular weight excluding hydrogens is 396 g/mol. The van der Waals surface area contributed by atoms with Crippen LogP contribution in [-0.4, -0.2) is 20.4 Å². The molecule has 3 rings (SSSR count). The lowest BCUT2D eigenvalue weighted by Gasteiger charge is -2.13. The van der Waals surface area contributed by atoms with Crippen LogP contribution >= 0.6 is 0 Å². The number of benzene rings is 2. The number of rotatable bonds is 6. The minimum atomic E-state index is -0.441. The number of aromatic hydroxyl groups is 4. The zero-order chi connectivity index (χ0) is 22.7. The fourth-order valence-electron chi connectivity index (χ4n) is 3.37. The summed E-state index contributed by atoms with van der Waals surface area (Å²) >= 11 is 0. The van der Waals surface area contributed by atoms with Gasteiger partial charge in [-0.1, -0.05) is 23.3 Å². The summed E-state index contributed by atoms with van der Waals surface area (Å²) in [5, 5.41) is 41.1. The van der Waals surface area contributed by atoms with E-state index in [1.54, 1.807) is 0 Å². The molecule has 0 spiro atoms. The summed E-state index contributed by atoms with van der Waals surface area (Å²) in [4.78, 5) is 12.9. The number of phenolic OH excluding ortho intramolecular Hbond substituents is 4. The maximum atomic E-state index is 12.9. The van der Waals surface area contributed by atoms with Crippen LogP contribution in [0, 0.1) is 0 Å². The van der Waals surface area contributed by atoms with Gasteiger partial charge < -0.3 is 24.8 Å². The van der Waals surface area contributed by atoms with Gasteiger partial charge in [0.2, 0.25) is 5.43 Å². The van der Waals surface area contributed by atoms with E-state index in [9.17, 15) is 25.2 Å². The summed E-state index contributed by atoms with van der Waals surface area (Å²) in [5.74, 6) is -1.20. The van der Waals surface area contributed by atoms with Gasteiger partial charge in [0.1, 0.15) is 23.3 Å². The number of allylic oxidation sites excluding steroid dienone is 4. The highest BCUT2D eigenvalue weighted by Gasteiger charge is 2.20. The Bertz CT molecular complexity index is 1240. The molecule has 0 saturated carbocycles. The molecule has 3 aromatic rings. The van der Waals surface area contributed by atoms with Crippen molar-refractivity contribution in [2.75, 3.05) is 0 Å². The lowest BCUT2D eigenvalue weighted by molar-refractivity contribution is 0.391. The Kier molecular flexibility index (Phi) is 6.39. The van der Waals surface area contributed by atoms with Gasteiger partial charge in [-0.3, -0.25) is 4.79 Å². The van der Waals surface area contributed by atoms with E-state index in [1.165, 1.54) is 30.0 Å². The number of hydrogen-bond donors (Lipinski definition) is 4.